The number of carbonyl (C=O) groups excluding carboxylic acids is 1. The largest absolute Gasteiger partial charge is 0.478 e. The normalized spacial score (nSPS) is 17.1. The number of aliphatic hydroxyl groups is 1. The first kappa shape index (κ1) is 22.1. The first-order valence-corrected chi connectivity index (χ1v) is 8.99. The number of dihydropyridines is 1. The fourth-order valence-electron chi connectivity index (χ4n) is 3.30. The maximum atomic E-state index is 13.0. The monoisotopic (exact) mass is 404 g/mol. The van der Waals surface area contributed by atoms with Gasteiger partial charge in [-0.15, -0.1) is 0 Å². The zero-order chi connectivity index (χ0) is 21.9. The highest BCUT2D eigenvalue weighted by Crippen LogP contribution is 2.39. The average Bonchev–Trinajstić information content (AvgIpc) is 2.59. The molecule has 1 aliphatic rings. The number of hydrogen-bond donors (Lipinski definition) is 3. The van der Waals surface area contributed by atoms with Gasteiger partial charge in [-0.05, 0) is 33.3 Å². The summed E-state index contributed by atoms with van der Waals surface area (Å²) in [5, 5.41) is 32.8. The molecule has 0 amide bonds. The SMILES string of the molecule is CC1=C(C(=O)O)C(c2ccc([N+](=O)[O-])cc2)C(C(=O)OC(C)(C)CCO)=C(C)N1. The highest BCUT2D eigenvalue weighted by molar-refractivity contribution is 5.99. The molecule has 1 aromatic rings. The van der Waals surface area contributed by atoms with E-state index in [1.54, 1.807) is 27.7 Å². The molecule has 1 aromatic carbocycles. The predicted molar refractivity (Wildman–Crippen MR) is 104 cm³/mol. The molecule has 1 aliphatic heterocycles. The highest BCUT2D eigenvalue weighted by Gasteiger charge is 2.39. The molecule has 0 aromatic heterocycles. The Hall–Kier alpha value is -3.20. The molecular weight excluding hydrogens is 380 g/mol. The summed E-state index contributed by atoms with van der Waals surface area (Å²) in [7, 11) is 0. The van der Waals surface area contributed by atoms with Crippen molar-refractivity contribution in [3.05, 3.63) is 62.5 Å². The minimum atomic E-state index is -1.22. The third-order valence-corrected chi connectivity index (χ3v) is 4.73. The molecule has 0 bridgehead atoms. The smallest absolute Gasteiger partial charge is 0.337 e. The number of aliphatic carboxylic acids is 1. The van der Waals surface area contributed by atoms with Crippen LogP contribution in [0.4, 0.5) is 5.69 Å². The predicted octanol–water partition coefficient (Wildman–Crippen LogP) is 2.62. The van der Waals surface area contributed by atoms with Gasteiger partial charge in [0.25, 0.3) is 5.69 Å². The zero-order valence-corrected chi connectivity index (χ0v) is 16.7. The molecule has 0 spiro atoms. The van der Waals surface area contributed by atoms with Gasteiger partial charge >= 0.3 is 11.9 Å². The lowest BCUT2D eigenvalue weighted by Gasteiger charge is -2.32. The number of carboxylic acid groups (broad SMARTS) is 1. The van der Waals surface area contributed by atoms with Crippen molar-refractivity contribution >= 4 is 17.6 Å². The van der Waals surface area contributed by atoms with Gasteiger partial charge in [0.1, 0.15) is 5.60 Å². The Labute approximate surface area is 167 Å². The summed E-state index contributed by atoms with van der Waals surface area (Å²) in [4.78, 5) is 35.4. The van der Waals surface area contributed by atoms with E-state index in [1.165, 1.54) is 24.3 Å². The number of nitrogens with zero attached hydrogens (tertiary/aromatic N) is 1. The van der Waals surface area contributed by atoms with Crippen molar-refractivity contribution in [3.63, 3.8) is 0 Å². The third kappa shape index (κ3) is 4.80. The Balaban J connectivity index is 2.57. The second-order valence-electron chi connectivity index (χ2n) is 7.41. The fraction of sp³-hybridized carbons (Fsp3) is 0.400. The number of nitro benzene ring substituents is 1. The lowest BCUT2D eigenvalue weighted by Crippen LogP contribution is -2.36. The third-order valence-electron chi connectivity index (χ3n) is 4.73. The maximum Gasteiger partial charge on any atom is 0.337 e. The van der Waals surface area contributed by atoms with Gasteiger partial charge in [0, 0.05) is 36.6 Å². The van der Waals surface area contributed by atoms with E-state index in [0.29, 0.717) is 17.0 Å². The van der Waals surface area contributed by atoms with E-state index in [-0.39, 0.29) is 29.9 Å². The Morgan fingerprint density at radius 2 is 1.72 bits per heavy atom. The van der Waals surface area contributed by atoms with Crippen LogP contribution >= 0.6 is 0 Å². The molecule has 0 saturated carbocycles. The summed E-state index contributed by atoms with van der Waals surface area (Å²) < 4.78 is 5.54. The molecule has 0 fully saturated rings. The molecule has 156 valence electrons. The van der Waals surface area contributed by atoms with Gasteiger partial charge in [-0.3, -0.25) is 10.1 Å². The van der Waals surface area contributed by atoms with Crippen LogP contribution in [0.5, 0.6) is 0 Å². The van der Waals surface area contributed by atoms with E-state index >= 15 is 0 Å². The van der Waals surface area contributed by atoms with E-state index < -0.39 is 28.4 Å². The number of esters is 1. The highest BCUT2D eigenvalue weighted by atomic mass is 16.6. The van der Waals surface area contributed by atoms with Crippen LogP contribution in [-0.4, -0.2) is 39.3 Å². The molecule has 9 nitrogen and oxygen atoms in total. The van der Waals surface area contributed by atoms with Crippen molar-refractivity contribution < 1.29 is 29.5 Å². The topological polar surface area (TPSA) is 139 Å². The van der Waals surface area contributed by atoms with Gasteiger partial charge in [-0.1, -0.05) is 12.1 Å². The molecular formula is C20H24N2O7. The van der Waals surface area contributed by atoms with Crippen molar-refractivity contribution in [2.24, 2.45) is 0 Å². The molecule has 1 heterocycles. The molecule has 9 heteroatoms. The van der Waals surface area contributed by atoms with Gasteiger partial charge in [-0.25, -0.2) is 9.59 Å². The van der Waals surface area contributed by atoms with Crippen molar-refractivity contribution in [2.45, 2.75) is 45.6 Å². The fourth-order valence-corrected chi connectivity index (χ4v) is 3.30. The summed E-state index contributed by atoms with van der Waals surface area (Å²) >= 11 is 0. The van der Waals surface area contributed by atoms with Gasteiger partial charge < -0.3 is 20.3 Å². The molecule has 1 atom stereocenters. The quantitative estimate of drug-likeness (QED) is 0.358. The Bertz CT molecular complexity index is 898. The average molecular weight is 404 g/mol. The number of ether oxygens (including phenoxy) is 1. The second-order valence-corrected chi connectivity index (χ2v) is 7.41. The number of hydrogen-bond acceptors (Lipinski definition) is 7. The molecule has 0 saturated heterocycles. The lowest BCUT2D eigenvalue weighted by atomic mass is 9.80. The number of carbonyl (C=O) groups is 2. The number of carboxylic acids is 1. The number of benzene rings is 1. The molecule has 29 heavy (non-hydrogen) atoms. The number of non-ortho nitro benzene ring substituents is 1. The van der Waals surface area contributed by atoms with Crippen molar-refractivity contribution in [2.75, 3.05) is 6.61 Å². The number of aliphatic hydroxyl groups excluding tert-OH is 1. The summed E-state index contributed by atoms with van der Waals surface area (Å²) in [6.45, 7) is 6.34. The van der Waals surface area contributed by atoms with Crippen LogP contribution in [0.1, 0.15) is 45.6 Å². The molecule has 2 rings (SSSR count). The van der Waals surface area contributed by atoms with Crippen LogP contribution in [0.2, 0.25) is 0 Å². The zero-order valence-electron chi connectivity index (χ0n) is 16.7. The standard InChI is InChI=1S/C20H24N2O7/c1-11-15(18(24)25)17(13-5-7-14(8-6-13)22(27)28)16(12(2)21-11)19(26)29-20(3,4)9-10-23/h5-8,17,21,23H,9-10H2,1-4H3,(H,24,25). The van der Waals surface area contributed by atoms with Crippen molar-refractivity contribution in [3.8, 4) is 0 Å². The summed E-state index contributed by atoms with van der Waals surface area (Å²) in [5.74, 6) is -2.90. The summed E-state index contributed by atoms with van der Waals surface area (Å²) in [6.07, 6.45) is 0.210. The van der Waals surface area contributed by atoms with Crippen molar-refractivity contribution in [1.29, 1.82) is 0 Å². The van der Waals surface area contributed by atoms with Crippen LogP contribution < -0.4 is 5.32 Å². The minimum absolute atomic E-state index is 0.0450. The first-order chi connectivity index (χ1) is 13.5. The number of nitrogens with one attached hydrogen (secondary N) is 1. The Morgan fingerprint density at radius 3 is 2.21 bits per heavy atom. The van der Waals surface area contributed by atoms with Gasteiger partial charge in [0.05, 0.1) is 22.0 Å². The van der Waals surface area contributed by atoms with E-state index in [2.05, 4.69) is 5.32 Å². The molecule has 1 unspecified atom stereocenters. The lowest BCUT2D eigenvalue weighted by molar-refractivity contribution is -0.384. The molecule has 3 N–H and O–H groups in total. The first-order valence-electron chi connectivity index (χ1n) is 8.99. The van der Waals surface area contributed by atoms with E-state index in [9.17, 15) is 29.9 Å². The van der Waals surface area contributed by atoms with Crippen LogP contribution in [0, 0.1) is 10.1 Å². The van der Waals surface area contributed by atoms with Crippen LogP contribution in [0.15, 0.2) is 46.8 Å². The van der Waals surface area contributed by atoms with Crippen LogP contribution in [0.25, 0.3) is 0 Å². The summed E-state index contributed by atoms with van der Waals surface area (Å²) in [6, 6.07) is 5.40. The Morgan fingerprint density at radius 1 is 1.17 bits per heavy atom. The van der Waals surface area contributed by atoms with E-state index in [4.69, 9.17) is 4.74 Å². The van der Waals surface area contributed by atoms with Gasteiger partial charge in [0.2, 0.25) is 0 Å². The number of rotatable bonds is 7. The van der Waals surface area contributed by atoms with Crippen LogP contribution in [-0.2, 0) is 14.3 Å². The number of allylic oxidation sites excluding steroid dienone is 2. The van der Waals surface area contributed by atoms with Crippen molar-refractivity contribution in [1.82, 2.24) is 5.32 Å². The molecule has 0 aliphatic carbocycles. The van der Waals surface area contributed by atoms with Crippen LogP contribution in [0.3, 0.4) is 0 Å². The van der Waals surface area contributed by atoms with E-state index in [1.807, 2.05) is 0 Å². The number of nitro groups is 1. The second kappa shape index (κ2) is 8.44. The molecule has 0 radical (unpaired) electrons. The minimum Gasteiger partial charge on any atom is -0.478 e. The summed E-state index contributed by atoms with van der Waals surface area (Å²) in [5.41, 5.74) is 0.169. The van der Waals surface area contributed by atoms with Gasteiger partial charge in [0.15, 0.2) is 0 Å². The van der Waals surface area contributed by atoms with Gasteiger partial charge in [-0.2, -0.15) is 0 Å². The maximum absolute atomic E-state index is 13.0. The van der Waals surface area contributed by atoms with E-state index in [0.717, 1.165) is 0 Å². The Kier molecular flexibility index (Phi) is 6.43.